The summed E-state index contributed by atoms with van der Waals surface area (Å²) in [4.78, 5) is 32.0. The molecule has 2 aromatic heterocycles. The minimum atomic E-state index is -1.33. The first-order valence-corrected chi connectivity index (χ1v) is 15.2. The van der Waals surface area contributed by atoms with Gasteiger partial charge in [0.1, 0.15) is 24.2 Å². The molecule has 226 valence electrons. The number of carbonyl (C=O) groups is 2. The largest absolute Gasteiger partial charge is 0.493 e. The fourth-order valence-corrected chi connectivity index (χ4v) is 6.43. The molecular weight excluding hydrogens is 580 g/mol. The Balaban J connectivity index is 1.16. The van der Waals surface area contributed by atoms with E-state index >= 15 is 0 Å². The van der Waals surface area contributed by atoms with Gasteiger partial charge in [0, 0.05) is 34.7 Å². The average molecular weight is 613 g/mol. The van der Waals surface area contributed by atoms with Crippen molar-refractivity contribution in [1.29, 1.82) is 0 Å². The third-order valence-corrected chi connectivity index (χ3v) is 8.70. The molecule has 1 fully saturated rings. The molecule has 1 N–H and O–H groups in total. The predicted molar refractivity (Wildman–Crippen MR) is 166 cm³/mol. The first-order valence-electron chi connectivity index (χ1n) is 14.3. The maximum atomic E-state index is 13.6. The quantitative estimate of drug-likeness (QED) is 0.190. The number of rotatable bonds is 11. The molecule has 6 rings (SSSR count). The van der Waals surface area contributed by atoms with Crippen LogP contribution in [0.3, 0.4) is 0 Å². The number of aromatic nitrogens is 1. The topological polar surface area (TPSA) is 111 Å². The third-order valence-electron chi connectivity index (χ3n) is 7.73. The van der Waals surface area contributed by atoms with E-state index in [0.29, 0.717) is 36.7 Å². The Hall–Kier alpha value is -4.51. The summed E-state index contributed by atoms with van der Waals surface area (Å²) in [5, 5.41) is 14.2. The van der Waals surface area contributed by atoms with E-state index in [0.717, 1.165) is 37.6 Å². The van der Waals surface area contributed by atoms with Gasteiger partial charge >= 0.3 is 6.09 Å². The van der Waals surface area contributed by atoms with E-state index in [1.54, 1.807) is 12.1 Å². The van der Waals surface area contributed by atoms with E-state index in [1.165, 1.54) is 18.4 Å². The van der Waals surface area contributed by atoms with Crippen molar-refractivity contribution < 1.29 is 33.3 Å². The summed E-state index contributed by atoms with van der Waals surface area (Å²) >= 11 is 1.42. The summed E-state index contributed by atoms with van der Waals surface area (Å²) in [6.07, 6.45) is -2.40. The molecule has 1 aliphatic rings. The second-order valence-corrected chi connectivity index (χ2v) is 11.4. The highest BCUT2D eigenvalue weighted by Crippen LogP contribution is 2.38. The minimum absolute atomic E-state index is 0.0780. The molecule has 1 aliphatic heterocycles. The van der Waals surface area contributed by atoms with E-state index in [2.05, 4.69) is 4.98 Å². The van der Waals surface area contributed by atoms with E-state index in [9.17, 15) is 14.7 Å². The zero-order valence-corrected chi connectivity index (χ0v) is 25.2. The summed E-state index contributed by atoms with van der Waals surface area (Å²) in [5.41, 5.74) is 3.21. The Kier molecular flexibility index (Phi) is 8.74. The number of aryl methyl sites for hydroxylation is 1. The Bertz CT molecular complexity index is 1750. The number of hydrogen-bond donors (Lipinski definition) is 1. The lowest BCUT2D eigenvalue weighted by atomic mass is 10.00. The normalized spacial score (nSPS) is 16.2. The van der Waals surface area contributed by atoms with E-state index in [1.807, 2.05) is 79.0 Å². The van der Waals surface area contributed by atoms with Gasteiger partial charge in [0.05, 0.1) is 18.3 Å². The van der Waals surface area contributed by atoms with Gasteiger partial charge in [-0.15, -0.1) is 11.3 Å². The number of ether oxygens (including phenoxy) is 3. The van der Waals surface area contributed by atoms with Crippen LogP contribution < -0.4 is 4.74 Å². The number of methoxy groups -OCH3 is 1. The highest BCUT2D eigenvalue weighted by atomic mass is 32.1. The number of cyclic esters (lactones) is 1. The summed E-state index contributed by atoms with van der Waals surface area (Å²) in [5.74, 6) is 1.32. The van der Waals surface area contributed by atoms with Crippen molar-refractivity contribution in [1.82, 2.24) is 9.88 Å². The molecule has 0 aliphatic carbocycles. The number of aliphatic hydroxyl groups is 1. The van der Waals surface area contributed by atoms with Gasteiger partial charge in [-0.1, -0.05) is 54.6 Å². The van der Waals surface area contributed by atoms with E-state index in [4.69, 9.17) is 18.6 Å². The smallest absolute Gasteiger partial charge is 0.417 e. The zero-order valence-electron chi connectivity index (χ0n) is 24.3. The van der Waals surface area contributed by atoms with Crippen LogP contribution in [0.1, 0.15) is 28.7 Å². The molecule has 10 heteroatoms. The molecule has 3 heterocycles. The Labute approximate surface area is 258 Å². The standard InChI is InChI=1S/C34H32N2O7S/c1-21-27(35-32(43-21)23-11-7-4-8-12-23)15-17-41-28-14-13-26(31-25(28)16-18-44-31)29(37)30(40-2)33(38)36-24(20-42-34(36)39)19-22-9-5-3-6-10-22/h3-14,16,18,24,29-30,37H,15,17,19-20H2,1-2H3/t24-,29+,30+/m0/s1. The Morgan fingerprint density at radius 3 is 2.59 bits per heavy atom. The van der Waals surface area contributed by atoms with Crippen LogP contribution >= 0.6 is 11.3 Å². The van der Waals surface area contributed by atoms with Crippen molar-refractivity contribution in [2.24, 2.45) is 0 Å². The number of carbonyl (C=O) groups excluding carboxylic acids is 2. The number of fused-ring (bicyclic) bond motifs is 1. The fraction of sp³-hybridized carbons (Fsp3) is 0.265. The number of hydrogen-bond acceptors (Lipinski definition) is 9. The van der Waals surface area contributed by atoms with Crippen LogP contribution in [0.2, 0.25) is 0 Å². The molecule has 0 unspecified atom stereocenters. The first-order chi connectivity index (χ1) is 21.4. The van der Waals surface area contributed by atoms with Crippen molar-refractivity contribution in [3.8, 4) is 17.2 Å². The second kappa shape index (κ2) is 13.0. The highest BCUT2D eigenvalue weighted by Gasteiger charge is 2.43. The molecule has 1 saturated heterocycles. The number of benzene rings is 3. The van der Waals surface area contributed by atoms with Crippen molar-refractivity contribution >= 4 is 33.4 Å². The predicted octanol–water partition coefficient (Wildman–Crippen LogP) is 6.12. The molecule has 5 aromatic rings. The van der Waals surface area contributed by atoms with Gasteiger partial charge in [-0.25, -0.2) is 14.7 Å². The molecule has 3 aromatic carbocycles. The van der Waals surface area contributed by atoms with Crippen molar-refractivity contribution in [2.75, 3.05) is 20.3 Å². The van der Waals surface area contributed by atoms with E-state index in [-0.39, 0.29) is 6.61 Å². The molecule has 0 radical (unpaired) electrons. The molecular formula is C34H32N2O7S. The van der Waals surface area contributed by atoms with Crippen molar-refractivity contribution in [3.63, 3.8) is 0 Å². The highest BCUT2D eigenvalue weighted by molar-refractivity contribution is 7.17. The molecule has 2 amide bonds. The van der Waals surface area contributed by atoms with Crippen LogP contribution in [0.25, 0.3) is 21.5 Å². The SMILES string of the molecule is CO[C@@H](C(=O)N1C(=O)OC[C@@H]1Cc1ccccc1)[C@H](O)c1ccc(OCCc2nc(-c3ccccc3)oc2C)c2ccsc12. The van der Waals surface area contributed by atoms with Crippen LogP contribution in [0.5, 0.6) is 5.75 Å². The van der Waals surface area contributed by atoms with E-state index < -0.39 is 30.3 Å². The number of nitrogens with zero attached hydrogens (tertiary/aromatic N) is 2. The lowest BCUT2D eigenvalue weighted by molar-refractivity contribution is -0.147. The molecule has 3 atom stereocenters. The molecule has 0 saturated carbocycles. The lowest BCUT2D eigenvalue weighted by Crippen LogP contribution is -2.48. The first kappa shape index (κ1) is 29.6. The van der Waals surface area contributed by atoms with Gasteiger partial charge in [0.25, 0.3) is 5.91 Å². The lowest BCUT2D eigenvalue weighted by Gasteiger charge is -2.27. The maximum absolute atomic E-state index is 13.6. The van der Waals surface area contributed by atoms with Crippen LogP contribution in [0.4, 0.5) is 4.79 Å². The third kappa shape index (κ3) is 5.96. The second-order valence-electron chi connectivity index (χ2n) is 10.5. The maximum Gasteiger partial charge on any atom is 0.417 e. The number of thiophene rings is 1. The summed E-state index contributed by atoms with van der Waals surface area (Å²) in [7, 11) is 1.34. The van der Waals surface area contributed by atoms with Crippen molar-refractivity contribution in [3.05, 3.63) is 107 Å². The average Bonchev–Trinajstić information content (AvgIpc) is 3.77. The van der Waals surface area contributed by atoms with Gasteiger partial charge < -0.3 is 23.7 Å². The summed E-state index contributed by atoms with van der Waals surface area (Å²) in [6.45, 7) is 2.34. The molecule has 0 spiro atoms. The molecule has 44 heavy (non-hydrogen) atoms. The number of imide groups is 1. The van der Waals surface area contributed by atoms with Gasteiger partial charge in [-0.2, -0.15) is 0 Å². The summed E-state index contributed by atoms with van der Waals surface area (Å²) in [6, 6.07) is 24.2. The fourth-order valence-electron chi connectivity index (χ4n) is 5.47. The molecule has 9 nitrogen and oxygen atoms in total. The Morgan fingerprint density at radius 2 is 1.84 bits per heavy atom. The number of amides is 2. The van der Waals surface area contributed by atoms with Gasteiger partial charge in [-0.05, 0) is 48.6 Å². The van der Waals surface area contributed by atoms with Crippen molar-refractivity contribution in [2.45, 2.75) is 38.0 Å². The monoisotopic (exact) mass is 612 g/mol. The molecule has 0 bridgehead atoms. The van der Waals surface area contributed by atoms with Gasteiger partial charge in [0.15, 0.2) is 6.10 Å². The van der Waals surface area contributed by atoms with Crippen LogP contribution in [-0.2, 0) is 27.1 Å². The van der Waals surface area contributed by atoms with Crippen LogP contribution in [0.15, 0.2) is 88.7 Å². The Morgan fingerprint density at radius 1 is 1.09 bits per heavy atom. The zero-order chi connectivity index (χ0) is 30.6. The summed E-state index contributed by atoms with van der Waals surface area (Å²) < 4.78 is 23.5. The van der Waals surface area contributed by atoms with Gasteiger partial charge in [0.2, 0.25) is 5.89 Å². The minimum Gasteiger partial charge on any atom is -0.493 e. The number of aliphatic hydroxyl groups excluding tert-OH is 1. The van der Waals surface area contributed by atoms with Crippen LogP contribution in [0, 0.1) is 6.92 Å². The van der Waals surface area contributed by atoms with Gasteiger partial charge in [-0.3, -0.25) is 4.79 Å². The number of oxazole rings is 1. The van der Waals surface area contributed by atoms with Crippen LogP contribution in [-0.4, -0.2) is 59.5 Å².